The summed E-state index contributed by atoms with van der Waals surface area (Å²) in [4.78, 5) is 24.4. The number of rotatable bonds is 6. The summed E-state index contributed by atoms with van der Waals surface area (Å²) in [7, 11) is 0. The van der Waals surface area contributed by atoms with E-state index in [1.807, 2.05) is 12.1 Å². The second-order valence-electron chi connectivity index (χ2n) is 6.25. The van der Waals surface area contributed by atoms with Crippen LogP contribution in [-0.4, -0.2) is 18.5 Å². The Balaban J connectivity index is 1.53. The summed E-state index contributed by atoms with van der Waals surface area (Å²) in [6.45, 7) is -0.339. The van der Waals surface area contributed by atoms with Crippen molar-refractivity contribution in [2.24, 2.45) is 0 Å². The third-order valence-corrected chi connectivity index (χ3v) is 4.64. The number of anilines is 1. The molecule has 0 radical (unpaired) electrons. The number of carbonyl (C=O) groups excluding carboxylic acids is 2. The van der Waals surface area contributed by atoms with E-state index in [0.29, 0.717) is 30.0 Å². The number of amides is 1. The third-order valence-electron chi connectivity index (χ3n) is 4.39. The molecule has 26 heavy (non-hydrogen) atoms. The van der Waals surface area contributed by atoms with Crippen LogP contribution in [0.2, 0.25) is 5.02 Å². The predicted octanol–water partition coefficient (Wildman–Crippen LogP) is 3.62. The zero-order valence-corrected chi connectivity index (χ0v) is 14.8. The van der Waals surface area contributed by atoms with Crippen molar-refractivity contribution < 1.29 is 14.3 Å². The summed E-state index contributed by atoms with van der Waals surface area (Å²) in [6, 6.07) is 16.1. The number of halogens is 1. The largest absolute Gasteiger partial charge is 0.455 e. The van der Waals surface area contributed by atoms with E-state index in [9.17, 15) is 9.59 Å². The average molecular weight is 369 g/mol. The molecule has 0 atom stereocenters. The number of nitrogens with zero attached hydrogens (tertiary/aromatic N) is 1. The van der Waals surface area contributed by atoms with Gasteiger partial charge in [-0.2, -0.15) is 5.26 Å². The van der Waals surface area contributed by atoms with Gasteiger partial charge in [0, 0.05) is 10.7 Å². The number of hydrogen-bond acceptors (Lipinski definition) is 4. The van der Waals surface area contributed by atoms with Crippen LogP contribution in [0.4, 0.5) is 5.69 Å². The van der Waals surface area contributed by atoms with Crippen LogP contribution in [0.25, 0.3) is 0 Å². The molecule has 1 aliphatic carbocycles. The van der Waals surface area contributed by atoms with Crippen LogP contribution in [0.3, 0.4) is 0 Å². The van der Waals surface area contributed by atoms with Crippen molar-refractivity contribution in [3.05, 3.63) is 64.7 Å². The van der Waals surface area contributed by atoms with E-state index in [4.69, 9.17) is 21.6 Å². The van der Waals surface area contributed by atoms with E-state index in [0.717, 1.165) is 11.1 Å². The molecule has 1 saturated carbocycles. The van der Waals surface area contributed by atoms with Crippen molar-refractivity contribution >= 4 is 29.2 Å². The van der Waals surface area contributed by atoms with Crippen molar-refractivity contribution in [3.8, 4) is 6.07 Å². The summed E-state index contributed by atoms with van der Waals surface area (Å²) >= 11 is 5.88. The summed E-state index contributed by atoms with van der Waals surface area (Å²) in [5.41, 5.74) is 1.67. The first-order valence-electron chi connectivity index (χ1n) is 8.22. The Morgan fingerprint density at radius 3 is 2.35 bits per heavy atom. The maximum Gasteiger partial charge on any atom is 0.317 e. The van der Waals surface area contributed by atoms with E-state index >= 15 is 0 Å². The highest BCUT2D eigenvalue weighted by atomic mass is 35.5. The van der Waals surface area contributed by atoms with Crippen molar-refractivity contribution in [1.29, 1.82) is 5.26 Å². The lowest BCUT2D eigenvalue weighted by Crippen LogP contribution is -2.28. The molecule has 2 aromatic carbocycles. The lowest BCUT2D eigenvalue weighted by atomic mass is 9.96. The molecule has 1 aliphatic rings. The highest BCUT2D eigenvalue weighted by molar-refractivity contribution is 6.30. The standard InChI is InChI=1S/C20H17ClN2O3/c21-16-5-3-15(4-6-16)20(10-11-20)19(25)26-13-18(24)23-17-7-1-14(2-8-17)9-12-22/h1-8H,9-11,13H2,(H,23,24). The Morgan fingerprint density at radius 2 is 1.77 bits per heavy atom. The second-order valence-corrected chi connectivity index (χ2v) is 6.68. The quantitative estimate of drug-likeness (QED) is 0.790. The highest BCUT2D eigenvalue weighted by Crippen LogP contribution is 2.49. The highest BCUT2D eigenvalue weighted by Gasteiger charge is 2.52. The number of carbonyl (C=O) groups is 2. The molecule has 0 unspecified atom stereocenters. The van der Waals surface area contributed by atoms with Crippen LogP contribution in [0.15, 0.2) is 48.5 Å². The van der Waals surface area contributed by atoms with Gasteiger partial charge in [-0.1, -0.05) is 35.9 Å². The third kappa shape index (κ3) is 4.04. The SMILES string of the molecule is N#CCc1ccc(NC(=O)COC(=O)C2(c3ccc(Cl)cc3)CC2)cc1. The molecule has 1 amide bonds. The Hall–Kier alpha value is -2.84. The molecular weight excluding hydrogens is 352 g/mol. The first-order valence-corrected chi connectivity index (χ1v) is 8.60. The summed E-state index contributed by atoms with van der Waals surface area (Å²) in [5, 5.41) is 11.9. The normalized spacial score (nSPS) is 14.2. The number of esters is 1. The van der Waals surface area contributed by atoms with Gasteiger partial charge in [-0.3, -0.25) is 9.59 Å². The molecule has 132 valence electrons. The maximum absolute atomic E-state index is 12.4. The minimum absolute atomic E-state index is 0.318. The minimum Gasteiger partial charge on any atom is -0.455 e. The maximum atomic E-state index is 12.4. The number of hydrogen-bond donors (Lipinski definition) is 1. The number of benzene rings is 2. The fourth-order valence-corrected chi connectivity index (χ4v) is 2.89. The van der Waals surface area contributed by atoms with Crippen molar-refractivity contribution in [1.82, 2.24) is 0 Å². The molecule has 0 saturated heterocycles. The Bertz CT molecular complexity index is 850. The average Bonchev–Trinajstić information content (AvgIpc) is 3.44. The van der Waals surface area contributed by atoms with Crippen LogP contribution in [-0.2, 0) is 26.2 Å². The van der Waals surface area contributed by atoms with Crippen LogP contribution in [0.5, 0.6) is 0 Å². The van der Waals surface area contributed by atoms with Gasteiger partial charge in [-0.15, -0.1) is 0 Å². The summed E-state index contributed by atoms with van der Waals surface area (Å²) in [6.07, 6.45) is 1.73. The molecule has 0 aromatic heterocycles. The number of nitrogens with one attached hydrogen (secondary N) is 1. The molecule has 0 heterocycles. The van der Waals surface area contributed by atoms with Crippen LogP contribution >= 0.6 is 11.6 Å². The molecule has 5 nitrogen and oxygen atoms in total. The molecule has 0 aliphatic heterocycles. The van der Waals surface area contributed by atoms with Gasteiger partial charge in [0.2, 0.25) is 0 Å². The smallest absolute Gasteiger partial charge is 0.317 e. The number of nitriles is 1. The monoisotopic (exact) mass is 368 g/mol. The van der Waals surface area contributed by atoms with Gasteiger partial charge in [0.25, 0.3) is 5.91 Å². The molecule has 1 fully saturated rings. The first kappa shape index (κ1) is 18.0. The predicted molar refractivity (Wildman–Crippen MR) is 97.7 cm³/mol. The van der Waals surface area contributed by atoms with E-state index in [1.54, 1.807) is 36.4 Å². The van der Waals surface area contributed by atoms with Gasteiger partial charge in [0.15, 0.2) is 6.61 Å². The lowest BCUT2D eigenvalue weighted by molar-refractivity contribution is -0.150. The van der Waals surface area contributed by atoms with Crippen molar-refractivity contribution in [2.75, 3.05) is 11.9 Å². The molecular formula is C20H17ClN2O3. The van der Waals surface area contributed by atoms with Gasteiger partial charge in [0.1, 0.15) is 0 Å². The topological polar surface area (TPSA) is 79.2 Å². The summed E-state index contributed by atoms with van der Waals surface area (Å²) in [5.74, 6) is -0.794. The van der Waals surface area contributed by atoms with Gasteiger partial charge < -0.3 is 10.1 Å². The van der Waals surface area contributed by atoms with E-state index in [1.165, 1.54) is 0 Å². The Labute approximate surface area is 156 Å². The zero-order chi connectivity index (χ0) is 18.6. The molecule has 2 aromatic rings. The molecule has 0 bridgehead atoms. The van der Waals surface area contributed by atoms with Gasteiger partial charge in [0.05, 0.1) is 17.9 Å². The van der Waals surface area contributed by atoms with Crippen molar-refractivity contribution in [3.63, 3.8) is 0 Å². The zero-order valence-electron chi connectivity index (χ0n) is 14.0. The lowest BCUT2D eigenvalue weighted by Gasteiger charge is -2.15. The van der Waals surface area contributed by atoms with Gasteiger partial charge in [-0.25, -0.2) is 0 Å². The fraction of sp³-hybridized carbons (Fsp3) is 0.250. The van der Waals surface area contributed by atoms with Crippen LogP contribution in [0.1, 0.15) is 24.0 Å². The van der Waals surface area contributed by atoms with Crippen LogP contribution in [0, 0.1) is 11.3 Å². The van der Waals surface area contributed by atoms with Gasteiger partial charge in [-0.05, 0) is 48.2 Å². The van der Waals surface area contributed by atoms with E-state index in [-0.39, 0.29) is 12.6 Å². The molecule has 1 N–H and O–H groups in total. The fourth-order valence-electron chi connectivity index (χ4n) is 2.77. The first-order chi connectivity index (χ1) is 12.5. The summed E-state index contributed by atoms with van der Waals surface area (Å²) < 4.78 is 5.22. The molecule has 0 spiro atoms. The number of ether oxygens (including phenoxy) is 1. The Kier molecular flexibility index (Phi) is 5.24. The van der Waals surface area contributed by atoms with E-state index in [2.05, 4.69) is 11.4 Å². The van der Waals surface area contributed by atoms with Gasteiger partial charge >= 0.3 is 5.97 Å². The second kappa shape index (κ2) is 7.59. The minimum atomic E-state index is -0.649. The molecule has 3 rings (SSSR count). The Morgan fingerprint density at radius 1 is 1.12 bits per heavy atom. The molecule has 6 heteroatoms. The van der Waals surface area contributed by atoms with E-state index < -0.39 is 11.3 Å². The van der Waals surface area contributed by atoms with Crippen molar-refractivity contribution in [2.45, 2.75) is 24.7 Å². The van der Waals surface area contributed by atoms with Crippen LogP contribution < -0.4 is 5.32 Å².